The van der Waals surface area contributed by atoms with Gasteiger partial charge in [0.1, 0.15) is 11.0 Å². The van der Waals surface area contributed by atoms with Gasteiger partial charge in [-0.3, -0.25) is 19.2 Å². The van der Waals surface area contributed by atoms with E-state index < -0.39 is 64.8 Å². The molecule has 6 rings (SSSR count). The van der Waals surface area contributed by atoms with Crippen molar-refractivity contribution in [2.75, 3.05) is 13.1 Å². The lowest BCUT2D eigenvalue weighted by Gasteiger charge is -2.21. The summed E-state index contributed by atoms with van der Waals surface area (Å²) < 4.78 is 25.6. The summed E-state index contributed by atoms with van der Waals surface area (Å²) in [4.78, 5) is 54.0. The minimum Gasteiger partial charge on any atom is -0.505 e. The highest BCUT2D eigenvalue weighted by Crippen LogP contribution is 2.33. The van der Waals surface area contributed by atoms with E-state index in [0.717, 1.165) is 34.7 Å². The molecule has 17 nitrogen and oxygen atoms in total. The van der Waals surface area contributed by atoms with E-state index in [1.165, 1.54) is 26.0 Å². The van der Waals surface area contributed by atoms with E-state index in [1.807, 2.05) is 12.1 Å². The predicted octanol–water partition coefficient (Wildman–Crippen LogP) is 7.75. The lowest BCUT2D eigenvalue weighted by Crippen LogP contribution is -2.40. The van der Waals surface area contributed by atoms with Gasteiger partial charge >= 0.3 is 5.97 Å². The van der Waals surface area contributed by atoms with Gasteiger partial charge < -0.3 is 41.8 Å². The molecule has 9 N–H and O–H groups in total. The Balaban J connectivity index is 0.000000266. The summed E-state index contributed by atoms with van der Waals surface area (Å²) in [7, 11) is 0. The maximum absolute atomic E-state index is 13.1. The van der Waals surface area contributed by atoms with Gasteiger partial charge in [-0.1, -0.05) is 64.4 Å². The SMILES string of the molecule is NCC(=O)c1ccc(F)c(O)c1.On1nnc2ccccc21.[C-]#[N+]c1ccc(C[C@@H](C(=O)NCC(=O)c2ccc(F)c(O)c2)[C@H](C)O)c(C)c1Cl.[C-]#[N+]c1ccc(C[C@@H](C(=O)O)[C@H](C)O)c(C)c1Cl. The molecule has 5 aromatic carbocycles. The highest BCUT2D eigenvalue weighted by Gasteiger charge is 2.27. The summed E-state index contributed by atoms with van der Waals surface area (Å²) in [6.07, 6.45) is -1.59. The number of aromatic nitrogens is 3. The standard InChI is InChI=1S/C21H20ClFN2O4.C13H14ClNO3.C8H8FNO2.C6H5N3O/c1-11-13(5-7-17(24-3)20(11)22)8-15(12(2)26)21(29)25-10-19(28)14-4-6-16(23)18(27)9-14;1-7-9(4-5-11(15-3)12(7)14)6-10(8(2)16)13(17)18;9-6-2-1-5(3-7(6)11)8(12)4-10;10-9-6-4-2-1-3-5(6)7-8-9/h4-7,9,12,15,26-27H,8,10H2,1-2H3,(H,25,29);4-5,8,10,16H,6H2,1-2H3,(H,17,18);1-3,11H,4,10H2;1-4,10H/t12-,15+;8-,10+;;/m00../s1. The maximum Gasteiger partial charge on any atom is 0.309 e. The lowest BCUT2D eigenvalue weighted by atomic mass is 9.91. The van der Waals surface area contributed by atoms with E-state index in [0.29, 0.717) is 49.1 Å². The van der Waals surface area contributed by atoms with E-state index >= 15 is 0 Å². The van der Waals surface area contributed by atoms with Gasteiger partial charge in [0, 0.05) is 11.1 Å². The Hall–Kier alpha value is -7.52. The fourth-order valence-electron chi connectivity index (χ4n) is 6.20. The number of ketones is 2. The van der Waals surface area contributed by atoms with Crippen LogP contribution in [-0.2, 0) is 22.4 Å². The number of carboxylic acid groups (broad SMARTS) is 1. The van der Waals surface area contributed by atoms with Gasteiger partial charge in [-0.25, -0.2) is 18.5 Å². The second-order valence-corrected chi connectivity index (χ2v) is 15.9. The molecule has 69 heavy (non-hydrogen) atoms. The Labute approximate surface area is 404 Å². The molecule has 1 heterocycles. The first-order valence-corrected chi connectivity index (χ1v) is 21.2. The molecule has 0 aliphatic carbocycles. The third kappa shape index (κ3) is 15.5. The number of nitrogens with zero attached hydrogens (tertiary/aromatic N) is 5. The summed E-state index contributed by atoms with van der Waals surface area (Å²) in [6.45, 7) is 19.9. The van der Waals surface area contributed by atoms with E-state index in [9.17, 15) is 43.3 Å². The van der Waals surface area contributed by atoms with Crippen molar-refractivity contribution in [3.8, 4) is 11.5 Å². The van der Waals surface area contributed by atoms with Crippen molar-refractivity contribution in [3.05, 3.63) is 163 Å². The highest BCUT2D eigenvalue weighted by molar-refractivity contribution is 6.34. The molecule has 0 bridgehead atoms. The van der Waals surface area contributed by atoms with Crippen LogP contribution >= 0.6 is 23.2 Å². The van der Waals surface area contributed by atoms with E-state index in [-0.39, 0.29) is 42.8 Å². The number of carboxylic acids is 1. The molecule has 362 valence electrons. The summed E-state index contributed by atoms with van der Waals surface area (Å²) in [5.41, 5.74) is 10.1. The Bertz CT molecular complexity index is 2900. The number of nitrogens with two attached hydrogens (primary N) is 1. The monoisotopic (exact) mass is 989 g/mol. The molecule has 0 aliphatic rings. The predicted molar refractivity (Wildman–Crippen MR) is 252 cm³/mol. The first kappa shape index (κ1) is 55.8. The van der Waals surface area contributed by atoms with Crippen LogP contribution in [0.25, 0.3) is 20.7 Å². The number of rotatable bonds is 13. The zero-order chi connectivity index (χ0) is 51.7. The fourth-order valence-corrected chi connectivity index (χ4v) is 6.66. The number of aliphatic carboxylic acids is 1. The molecular formula is C48H47Cl2F2N7O10. The number of aliphatic hydroxyl groups excluding tert-OH is 2. The molecule has 0 saturated heterocycles. The van der Waals surface area contributed by atoms with Crippen LogP contribution < -0.4 is 11.1 Å². The largest absolute Gasteiger partial charge is 0.505 e. The number of hydrogen-bond acceptors (Lipinski definition) is 12. The van der Waals surface area contributed by atoms with Crippen LogP contribution in [0.3, 0.4) is 0 Å². The smallest absolute Gasteiger partial charge is 0.309 e. The Morgan fingerprint density at radius 3 is 1.64 bits per heavy atom. The van der Waals surface area contributed by atoms with Gasteiger partial charge in [-0.2, -0.15) is 0 Å². The van der Waals surface area contributed by atoms with Gasteiger partial charge in [0.15, 0.2) is 34.7 Å². The number of fused-ring (bicyclic) bond motifs is 1. The van der Waals surface area contributed by atoms with Crippen molar-refractivity contribution < 1.29 is 58.7 Å². The normalized spacial score (nSPS) is 12.1. The quantitative estimate of drug-likeness (QED) is 0.0313. The number of hydrogen-bond donors (Lipinski definition) is 8. The molecule has 0 fully saturated rings. The zero-order valence-corrected chi connectivity index (χ0v) is 38.9. The number of halogens is 4. The van der Waals surface area contributed by atoms with Crippen molar-refractivity contribution in [1.29, 1.82) is 0 Å². The number of carbonyl (C=O) groups excluding carboxylic acids is 3. The summed E-state index contributed by atoms with van der Waals surface area (Å²) >= 11 is 12.2. The van der Waals surface area contributed by atoms with Gasteiger partial charge in [-0.05, 0) is 117 Å². The van der Waals surface area contributed by atoms with Gasteiger partial charge in [0.2, 0.25) is 17.3 Å². The molecule has 4 atom stereocenters. The van der Waals surface area contributed by atoms with Crippen LogP contribution in [0.5, 0.6) is 11.5 Å². The van der Waals surface area contributed by atoms with Crippen LogP contribution in [0.1, 0.15) is 56.8 Å². The Morgan fingerprint density at radius 1 is 0.754 bits per heavy atom. The van der Waals surface area contributed by atoms with Crippen LogP contribution in [0, 0.1) is 50.5 Å². The molecule has 1 amide bonds. The average molecular weight is 991 g/mol. The third-order valence-corrected chi connectivity index (χ3v) is 11.3. The van der Waals surface area contributed by atoms with Crippen molar-refractivity contribution >= 4 is 69.1 Å². The van der Waals surface area contributed by atoms with Crippen LogP contribution in [-0.4, -0.2) is 94.6 Å². The van der Waals surface area contributed by atoms with Crippen LogP contribution in [0.4, 0.5) is 20.2 Å². The van der Waals surface area contributed by atoms with Crippen molar-refractivity contribution in [2.45, 2.75) is 52.7 Å². The van der Waals surface area contributed by atoms with Crippen LogP contribution in [0.2, 0.25) is 10.0 Å². The Morgan fingerprint density at radius 2 is 1.22 bits per heavy atom. The summed E-state index contributed by atoms with van der Waals surface area (Å²) in [6, 6.07) is 20.2. The van der Waals surface area contributed by atoms with Crippen molar-refractivity contribution in [3.63, 3.8) is 0 Å². The number of aliphatic hydroxyl groups is 2. The molecule has 6 aromatic rings. The van der Waals surface area contributed by atoms with Gasteiger partial charge in [0.25, 0.3) is 0 Å². The average Bonchev–Trinajstić information content (AvgIpc) is 3.70. The second-order valence-electron chi connectivity index (χ2n) is 15.1. The molecular weight excluding hydrogens is 943 g/mol. The number of benzene rings is 5. The zero-order valence-electron chi connectivity index (χ0n) is 37.4. The summed E-state index contributed by atoms with van der Waals surface area (Å²) in [5, 5.41) is 65.9. The molecule has 0 spiro atoms. The van der Waals surface area contributed by atoms with Gasteiger partial charge in [-0.15, -0.1) is 5.10 Å². The van der Waals surface area contributed by atoms with E-state index in [1.54, 1.807) is 50.2 Å². The minimum absolute atomic E-state index is 0.0511. The first-order chi connectivity index (χ1) is 32.6. The van der Waals surface area contributed by atoms with Gasteiger partial charge in [0.05, 0.1) is 60.3 Å². The molecule has 21 heteroatoms. The number of Topliss-reactive ketones (excluding diaryl/α,β-unsaturated/α-hetero) is 2. The topological polar surface area (TPSA) is 267 Å². The lowest BCUT2D eigenvalue weighted by molar-refractivity contribution is -0.145. The number of nitrogens with one attached hydrogen (secondary N) is 1. The number of aromatic hydroxyl groups is 2. The first-order valence-electron chi connectivity index (χ1n) is 20.5. The number of phenols is 2. The number of para-hydroxylation sites is 1. The highest BCUT2D eigenvalue weighted by atomic mass is 35.5. The van der Waals surface area contributed by atoms with Crippen molar-refractivity contribution in [1.82, 2.24) is 20.5 Å². The molecule has 0 saturated carbocycles. The molecule has 0 unspecified atom stereocenters. The number of phenolic OH excluding ortho intramolecular Hbond substituents is 2. The van der Waals surface area contributed by atoms with E-state index in [2.05, 4.69) is 25.3 Å². The minimum atomic E-state index is -1.05. The van der Waals surface area contributed by atoms with E-state index in [4.69, 9.17) is 57.5 Å². The van der Waals surface area contributed by atoms with Crippen LogP contribution in [0.15, 0.2) is 84.9 Å². The molecule has 0 aliphatic heterocycles. The molecule has 1 aromatic heterocycles. The number of amides is 1. The maximum atomic E-state index is 13.1. The molecule has 0 radical (unpaired) electrons. The fraction of sp³-hybridized carbons (Fsp3) is 0.250. The Kier molecular flexibility index (Phi) is 21.1. The summed E-state index contributed by atoms with van der Waals surface area (Å²) in [5.74, 6) is -6.94. The third-order valence-electron chi connectivity index (χ3n) is 10.4. The van der Waals surface area contributed by atoms with Crippen molar-refractivity contribution in [2.24, 2.45) is 17.6 Å². The second kappa shape index (κ2) is 26.1. The number of carbonyl (C=O) groups is 4.